The van der Waals surface area contributed by atoms with Crippen LogP contribution in [0.1, 0.15) is 57.6 Å². The third-order valence-electron chi connectivity index (χ3n) is 3.57. The van der Waals surface area contributed by atoms with Gasteiger partial charge in [-0.3, -0.25) is 0 Å². The minimum atomic E-state index is -0.514. The molecule has 0 N–H and O–H groups in total. The number of ether oxygens (including phenoxy) is 2. The summed E-state index contributed by atoms with van der Waals surface area (Å²) in [4.78, 5) is 12.3. The average Bonchev–Trinajstić information content (AvgIpc) is 2.45. The number of carbonyl (C=O) groups is 1. The van der Waals surface area contributed by atoms with E-state index in [0.29, 0.717) is 6.42 Å². The molecule has 0 saturated carbocycles. The van der Waals surface area contributed by atoms with E-state index in [1.165, 1.54) is 5.56 Å². The summed E-state index contributed by atoms with van der Waals surface area (Å²) in [6.07, 6.45) is 2.91. The summed E-state index contributed by atoms with van der Waals surface area (Å²) in [5, 5.41) is 0. The first-order valence-corrected chi connectivity index (χ1v) is 7.92. The molecule has 0 amide bonds. The summed E-state index contributed by atoms with van der Waals surface area (Å²) in [7, 11) is 0. The van der Waals surface area contributed by atoms with Gasteiger partial charge in [-0.05, 0) is 51.7 Å². The third kappa shape index (κ3) is 5.78. The van der Waals surface area contributed by atoms with Crippen LogP contribution in [0.3, 0.4) is 0 Å². The molecule has 0 aliphatic heterocycles. The first-order valence-electron chi connectivity index (χ1n) is 7.92. The maximum Gasteiger partial charge on any atom is 0.347 e. The van der Waals surface area contributed by atoms with Gasteiger partial charge in [0.2, 0.25) is 0 Å². The van der Waals surface area contributed by atoms with Crippen molar-refractivity contribution in [2.24, 2.45) is 0 Å². The number of benzene rings is 1. The molecule has 0 spiro atoms. The van der Waals surface area contributed by atoms with Crippen molar-refractivity contribution in [1.82, 2.24) is 0 Å². The van der Waals surface area contributed by atoms with Crippen LogP contribution in [0.4, 0.5) is 0 Å². The predicted molar refractivity (Wildman–Crippen MR) is 85.7 cm³/mol. The predicted octanol–water partition coefficient (Wildman–Crippen LogP) is 4.58. The van der Waals surface area contributed by atoms with E-state index < -0.39 is 6.10 Å². The van der Waals surface area contributed by atoms with Gasteiger partial charge in [-0.2, -0.15) is 0 Å². The molecule has 0 aliphatic rings. The summed E-state index contributed by atoms with van der Waals surface area (Å²) in [6.45, 7) is 10.1. The molecule has 3 heteroatoms. The van der Waals surface area contributed by atoms with Crippen LogP contribution in [-0.2, 0) is 9.53 Å². The average molecular weight is 292 g/mol. The van der Waals surface area contributed by atoms with Crippen LogP contribution in [0.15, 0.2) is 18.2 Å². The van der Waals surface area contributed by atoms with Crippen molar-refractivity contribution in [1.29, 1.82) is 0 Å². The fourth-order valence-electron chi connectivity index (χ4n) is 2.06. The van der Waals surface area contributed by atoms with Crippen LogP contribution in [-0.4, -0.2) is 18.2 Å². The van der Waals surface area contributed by atoms with Gasteiger partial charge in [0.25, 0.3) is 0 Å². The largest absolute Gasteiger partial charge is 0.478 e. The van der Waals surface area contributed by atoms with E-state index >= 15 is 0 Å². The second-order valence-corrected chi connectivity index (χ2v) is 5.67. The molecule has 0 aliphatic carbocycles. The quantitative estimate of drug-likeness (QED) is 0.658. The highest BCUT2D eigenvalue weighted by Gasteiger charge is 2.23. The second kappa shape index (κ2) is 8.71. The van der Waals surface area contributed by atoms with Gasteiger partial charge in [-0.25, -0.2) is 4.79 Å². The molecule has 2 unspecified atom stereocenters. The summed E-state index contributed by atoms with van der Waals surface area (Å²) < 4.78 is 11.4. The zero-order chi connectivity index (χ0) is 15.8. The highest BCUT2D eigenvalue weighted by atomic mass is 16.6. The van der Waals surface area contributed by atoms with Crippen molar-refractivity contribution in [2.75, 3.05) is 0 Å². The van der Waals surface area contributed by atoms with Crippen molar-refractivity contribution in [3.63, 3.8) is 0 Å². The SMILES string of the molecule is CCCCC(Oc1ccc(C)cc1C)C(=O)OC(C)CC. The monoisotopic (exact) mass is 292 g/mol. The smallest absolute Gasteiger partial charge is 0.347 e. The highest BCUT2D eigenvalue weighted by molar-refractivity contribution is 5.75. The molecule has 2 atom stereocenters. The van der Waals surface area contributed by atoms with E-state index in [-0.39, 0.29) is 12.1 Å². The van der Waals surface area contributed by atoms with Crippen molar-refractivity contribution in [2.45, 2.75) is 72.5 Å². The molecule has 1 aromatic rings. The molecule has 0 saturated heterocycles. The number of aryl methyl sites for hydroxylation is 2. The summed E-state index contributed by atoms with van der Waals surface area (Å²) in [5.74, 6) is 0.514. The van der Waals surface area contributed by atoms with E-state index in [2.05, 4.69) is 13.0 Å². The molecular formula is C18H28O3. The van der Waals surface area contributed by atoms with Crippen LogP contribution in [0, 0.1) is 13.8 Å². The molecule has 0 bridgehead atoms. The zero-order valence-electron chi connectivity index (χ0n) is 13.9. The minimum Gasteiger partial charge on any atom is -0.478 e. The van der Waals surface area contributed by atoms with Crippen molar-refractivity contribution >= 4 is 5.97 Å². The van der Waals surface area contributed by atoms with Gasteiger partial charge in [-0.15, -0.1) is 0 Å². The molecular weight excluding hydrogens is 264 g/mol. The Labute approximate surface area is 128 Å². The van der Waals surface area contributed by atoms with Crippen LogP contribution in [0.2, 0.25) is 0 Å². The van der Waals surface area contributed by atoms with E-state index in [9.17, 15) is 4.79 Å². The van der Waals surface area contributed by atoms with Crippen LogP contribution in [0.5, 0.6) is 5.75 Å². The Balaban J connectivity index is 2.79. The Morgan fingerprint density at radius 1 is 1.24 bits per heavy atom. The topological polar surface area (TPSA) is 35.5 Å². The fraction of sp³-hybridized carbons (Fsp3) is 0.611. The fourth-order valence-corrected chi connectivity index (χ4v) is 2.06. The van der Waals surface area contributed by atoms with Crippen molar-refractivity contribution in [3.8, 4) is 5.75 Å². The first-order chi connectivity index (χ1) is 9.97. The number of esters is 1. The van der Waals surface area contributed by atoms with Gasteiger partial charge in [-0.1, -0.05) is 38.0 Å². The van der Waals surface area contributed by atoms with Gasteiger partial charge in [0, 0.05) is 0 Å². The Bertz CT molecular complexity index is 454. The molecule has 0 radical (unpaired) electrons. The molecule has 3 nitrogen and oxygen atoms in total. The lowest BCUT2D eigenvalue weighted by atomic mass is 10.1. The molecule has 0 aromatic heterocycles. The number of rotatable bonds is 8. The van der Waals surface area contributed by atoms with E-state index in [4.69, 9.17) is 9.47 Å². The maximum atomic E-state index is 12.3. The van der Waals surface area contributed by atoms with Gasteiger partial charge < -0.3 is 9.47 Å². The van der Waals surface area contributed by atoms with Gasteiger partial charge in [0.1, 0.15) is 5.75 Å². The van der Waals surface area contributed by atoms with Gasteiger partial charge >= 0.3 is 5.97 Å². The van der Waals surface area contributed by atoms with Crippen molar-refractivity contribution in [3.05, 3.63) is 29.3 Å². The number of hydrogen-bond donors (Lipinski definition) is 0. The normalized spacial score (nSPS) is 13.6. The van der Waals surface area contributed by atoms with Crippen molar-refractivity contribution < 1.29 is 14.3 Å². The minimum absolute atomic E-state index is 0.0654. The lowest BCUT2D eigenvalue weighted by molar-refractivity contribution is -0.157. The molecule has 21 heavy (non-hydrogen) atoms. The Morgan fingerprint density at radius 3 is 2.52 bits per heavy atom. The number of carbonyl (C=O) groups excluding carboxylic acids is 1. The lowest BCUT2D eigenvalue weighted by Crippen LogP contribution is -2.32. The van der Waals surface area contributed by atoms with E-state index in [1.807, 2.05) is 39.8 Å². The lowest BCUT2D eigenvalue weighted by Gasteiger charge is -2.21. The number of unbranched alkanes of at least 4 members (excludes halogenated alkanes) is 1. The first kappa shape index (κ1) is 17.5. The molecule has 118 valence electrons. The maximum absolute atomic E-state index is 12.3. The Morgan fingerprint density at radius 2 is 1.95 bits per heavy atom. The van der Waals surface area contributed by atoms with E-state index in [0.717, 1.165) is 30.6 Å². The summed E-state index contributed by atoms with van der Waals surface area (Å²) in [6, 6.07) is 5.99. The Hall–Kier alpha value is -1.51. The molecule has 0 heterocycles. The van der Waals surface area contributed by atoms with Crippen LogP contribution in [0.25, 0.3) is 0 Å². The number of hydrogen-bond acceptors (Lipinski definition) is 3. The van der Waals surface area contributed by atoms with Gasteiger partial charge in [0.05, 0.1) is 6.10 Å². The summed E-state index contributed by atoms with van der Waals surface area (Å²) in [5.41, 5.74) is 2.24. The standard InChI is InChI=1S/C18H28O3/c1-6-8-9-17(18(19)20-15(5)7-2)21-16-11-10-13(3)12-14(16)4/h10-12,15,17H,6-9H2,1-5H3. The van der Waals surface area contributed by atoms with Crippen LogP contribution >= 0.6 is 0 Å². The van der Waals surface area contributed by atoms with E-state index in [1.54, 1.807) is 0 Å². The molecule has 1 aromatic carbocycles. The van der Waals surface area contributed by atoms with Crippen LogP contribution < -0.4 is 4.74 Å². The highest BCUT2D eigenvalue weighted by Crippen LogP contribution is 2.22. The van der Waals surface area contributed by atoms with Gasteiger partial charge in [0.15, 0.2) is 6.10 Å². The summed E-state index contributed by atoms with van der Waals surface area (Å²) >= 11 is 0. The zero-order valence-corrected chi connectivity index (χ0v) is 13.9. The second-order valence-electron chi connectivity index (χ2n) is 5.67. The Kier molecular flexibility index (Phi) is 7.27. The molecule has 1 rings (SSSR count). The third-order valence-corrected chi connectivity index (χ3v) is 3.57. The molecule has 0 fully saturated rings.